The molecule has 0 aromatic heterocycles. The lowest BCUT2D eigenvalue weighted by Gasteiger charge is -2.52. The summed E-state index contributed by atoms with van der Waals surface area (Å²) in [5, 5.41) is 43.9. The summed E-state index contributed by atoms with van der Waals surface area (Å²) in [7, 11) is 1.48. The Morgan fingerprint density at radius 1 is 0.491 bits per heavy atom. The largest absolute Gasteiger partial charge is 0.455 e. The Bertz CT molecular complexity index is 1230. The monoisotopic (exact) mass is 892 g/mol. The zero-order valence-electron chi connectivity index (χ0n) is 38.9. The van der Waals surface area contributed by atoms with Crippen LogP contribution in [0.1, 0.15) is 103 Å². The molecule has 57 heavy (non-hydrogen) atoms. The molecule has 4 rings (SSSR count). The van der Waals surface area contributed by atoms with Crippen LogP contribution >= 0.6 is 11.6 Å². The SMILES string of the molecule is CN(C)C1CC(CC[Si](C)(C)O[Si](C)(C)CCC2CCC(O)C([N+](C)(C)C3CCC(CC[Si](C)(C)O[Si](C)(C)CCC4CCC(Cl)C(O)C4)CC3O)C2)CCC1O. The van der Waals surface area contributed by atoms with E-state index in [-0.39, 0.29) is 47.9 Å². The molecule has 4 N–H and O–H groups in total. The first kappa shape index (κ1) is 50.5. The van der Waals surface area contributed by atoms with E-state index in [0.717, 1.165) is 106 Å². The van der Waals surface area contributed by atoms with Gasteiger partial charge in [-0.3, -0.25) is 0 Å². The van der Waals surface area contributed by atoms with Gasteiger partial charge >= 0.3 is 0 Å². The smallest absolute Gasteiger partial charge is 0.173 e. The van der Waals surface area contributed by atoms with Crippen LogP contribution in [0.5, 0.6) is 0 Å². The van der Waals surface area contributed by atoms with Crippen molar-refractivity contribution in [2.45, 2.75) is 227 Å². The average Bonchev–Trinajstić information content (AvgIpc) is 3.09. The van der Waals surface area contributed by atoms with Crippen molar-refractivity contribution in [1.82, 2.24) is 4.90 Å². The zero-order valence-corrected chi connectivity index (χ0v) is 43.7. The summed E-state index contributed by atoms with van der Waals surface area (Å²) in [6.45, 7) is 19.3. The molecule has 4 aliphatic rings. The Morgan fingerprint density at radius 3 is 1.32 bits per heavy atom. The quantitative estimate of drug-likeness (QED) is 0.0583. The van der Waals surface area contributed by atoms with E-state index in [9.17, 15) is 20.4 Å². The van der Waals surface area contributed by atoms with E-state index in [2.05, 4.69) is 85.5 Å². The summed E-state index contributed by atoms with van der Waals surface area (Å²) in [6.07, 6.45) is 15.6. The molecule has 0 amide bonds. The number of aliphatic hydroxyl groups excluding tert-OH is 4. The second kappa shape index (κ2) is 21.0. The Hall–Kier alpha value is 0.838. The molecular weight excluding hydrogens is 800 g/mol. The minimum Gasteiger partial charge on any atom is -0.455 e. The lowest BCUT2D eigenvalue weighted by molar-refractivity contribution is -0.947. The lowest BCUT2D eigenvalue weighted by Crippen LogP contribution is -2.65. The van der Waals surface area contributed by atoms with Gasteiger partial charge in [0, 0.05) is 18.9 Å². The maximum absolute atomic E-state index is 11.7. The molecule has 4 fully saturated rings. The fourth-order valence-corrected chi connectivity index (χ4v) is 30.3. The second-order valence-electron chi connectivity index (χ2n) is 23.2. The highest BCUT2D eigenvalue weighted by Gasteiger charge is 2.49. The van der Waals surface area contributed by atoms with Gasteiger partial charge in [-0.15, -0.1) is 11.6 Å². The van der Waals surface area contributed by atoms with E-state index in [1.54, 1.807) is 0 Å². The second-order valence-corrected chi connectivity index (χ2v) is 41.5. The summed E-state index contributed by atoms with van der Waals surface area (Å²) in [4.78, 5) is 2.21. The molecule has 12 atom stereocenters. The Morgan fingerprint density at radius 2 is 0.877 bits per heavy atom. The molecule has 4 aliphatic carbocycles. The molecule has 0 aromatic rings. The van der Waals surface area contributed by atoms with Gasteiger partial charge in [0.15, 0.2) is 33.3 Å². The van der Waals surface area contributed by atoms with Gasteiger partial charge in [0.05, 0.1) is 31.7 Å². The van der Waals surface area contributed by atoms with E-state index >= 15 is 0 Å². The fraction of sp³-hybridized carbons (Fsp3) is 1.00. The van der Waals surface area contributed by atoms with Gasteiger partial charge < -0.3 is 38.0 Å². The Labute approximate surface area is 360 Å². The number of nitrogens with zero attached hydrogens (tertiary/aromatic N) is 2. The number of hydrogen-bond donors (Lipinski definition) is 4. The molecule has 0 aliphatic heterocycles. The number of rotatable bonds is 19. The third-order valence-electron chi connectivity index (χ3n) is 15.6. The first-order chi connectivity index (χ1) is 26.3. The predicted octanol–water partition coefficient (Wildman–Crippen LogP) is 9.40. The molecule has 336 valence electrons. The van der Waals surface area contributed by atoms with Crippen molar-refractivity contribution < 1.29 is 33.1 Å². The highest BCUT2D eigenvalue weighted by atomic mass is 35.5. The number of alkyl halides is 1. The highest BCUT2D eigenvalue weighted by molar-refractivity contribution is 6.85. The van der Waals surface area contributed by atoms with Crippen molar-refractivity contribution in [2.24, 2.45) is 23.7 Å². The fourth-order valence-electron chi connectivity index (χ4n) is 12.1. The van der Waals surface area contributed by atoms with Crippen molar-refractivity contribution in [2.75, 3.05) is 28.2 Å². The van der Waals surface area contributed by atoms with Crippen molar-refractivity contribution in [3.05, 3.63) is 0 Å². The van der Waals surface area contributed by atoms with Crippen LogP contribution in [0, 0.1) is 23.7 Å². The van der Waals surface area contributed by atoms with Crippen LogP contribution in [-0.4, -0.2) is 139 Å². The van der Waals surface area contributed by atoms with Gasteiger partial charge in [-0.1, -0.05) is 25.7 Å². The van der Waals surface area contributed by atoms with Crippen molar-refractivity contribution >= 4 is 44.9 Å². The van der Waals surface area contributed by atoms with Gasteiger partial charge in [0.1, 0.15) is 24.3 Å². The van der Waals surface area contributed by atoms with Crippen LogP contribution in [0.15, 0.2) is 0 Å². The zero-order chi connectivity index (χ0) is 42.6. The maximum Gasteiger partial charge on any atom is 0.173 e. The molecule has 0 aromatic carbocycles. The molecule has 0 spiro atoms. The molecule has 13 heteroatoms. The van der Waals surface area contributed by atoms with Crippen LogP contribution in [0.3, 0.4) is 0 Å². The normalized spacial score (nSPS) is 35.5. The van der Waals surface area contributed by atoms with E-state index in [1.807, 2.05) is 0 Å². The lowest BCUT2D eigenvalue weighted by atomic mass is 9.77. The van der Waals surface area contributed by atoms with Gasteiger partial charge in [-0.05, 0) is 179 Å². The summed E-state index contributed by atoms with van der Waals surface area (Å²) >= 11 is 6.27. The third-order valence-corrected chi connectivity index (χ3v) is 30.9. The van der Waals surface area contributed by atoms with Gasteiger partial charge in [-0.25, -0.2) is 0 Å². The minimum atomic E-state index is -1.85. The molecule has 12 unspecified atom stereocenters. The molecule has 0 saturated heterocycles. The van der Waals surface area contributed by atoms with Crippen LogP contribution in [-0.2, 0) is 8.23 Å². The molecule has 4 saturated carbocycles. The van der Waals surface area contributed by atoms with Crippen molar-refractivity contribution in [1.29, 1.82) is 0 Å². The maximum atomic E-state index is 11.7. The van der Waals surface area contributed by atoms with Gasteiger partial charge in [-0.2, -0.15) is 0 Å². The topological polar surface area (TPSA) is 103 Å². The van der Waals surface area contributed by atoms with Crippen LogP contribution < -0.4 is 0 Å². The molecule has 8 nitrogen and oxygen atoms in total. The van der Waals surface area contributed by atoms with Gasteiger partial charge in [0.2, 0.25) is 0 Å². The standard InChI is InChI=1S/C44H92ClN2O6Si4/c1-46(2)38-29-33(15-19-41(38)48)21-25-54(5,6)52-55(7,8)26-22-34-16-20-42(49)40(30-34)47(3,4)39-18-14-36(32-44(39)51)24-28-57(11,12)53-56(9,10)27-23-35-13-17-37(45)43(50)31-35/h33-44,48-51H,13-32H2,1-12H3/q+1. The molecule has 0 heterocycles. The first-order valence-corrected chi connectivity index (χ1v) is 36.4. The number of halogens is 1. The van der Waals surface area contributed by atoms with Crippen molar-refractivity contribution in [3.63, 3.8) is 0 Å². The minimum absolute atomic E-state index is 0.0782. The number of aliphatic hydroxyl groups is 4. The first-order valence-electron chi connectivity index (χ1n) is 23.5. The van der Waals surface area contributed by atoms with Crippen molar-refractivity contribution in [3.8, 4) is 0 Å². The Kier molecular flexibility index (Phi) is 18.6. The Balaban J connectivity index is 1.21. The third kappa shape index (κ3) is 15.6. The summed E-state index contributed by atoms with van der Waals surface area (Å²) in [5.41, 5.74) is 0. The molecular formula is C44H92ClN2O6Si4+. The number of likely N-dealkylation sites (N-methyl/N-ethyl adjacent to an activating group) is 2. The molecule has 0 bridgehead atoms. The summed E-state index contributed by atoms with van der Waals surface area (Å²) in [6, 6.07) is 5.29. The van der Waals surface area contributed by atoms with E-state index in [1.165, 1.54) is 24.9 Å². The number of hydrogen-bond acceptors (Lipinski definition) is 7. The number of quaternary nitrogens is 1. The van der Waals surface area contributed by atoms with E-state index < -0.39 is 33.3 Å². The predicted molar refractivity (Wildman–Crippen MR) is 250 cm³/mol. The van der Waals surface area contributed by atoms with Gasteiger partial charge in [0.25, 0.3) is 0 Å². The molecule has 0 radical (unpaired) electrons. The summed E-state index contributed by atoms with van der Waals surface area (Å²) < 4.78 is 14.9. The van der Waals surface area contributed by atoms with Crippen LogP contribution in [0.25, 0.3) is 0 Å². The average molecular weight is 893 g/mol. The van der Waals surface area contributed by atoms with E-state index in [0.29, 0.717) is 23.7 Å². The highest BCUT2D eigenvalue weighted by Crippen LogP contribution is 2.42. The van der Waals surface area contributed by atoms with Crippen LogP contribution in [0.4, 0.5) is 0 Å². The van der Waals surface area contributed by atoms with E-state index in [4.69, 9.17) is 19.8 Å². The van der Waals surface area contributed by atoms with Crippen LogP contribution in [0.2, 0.25) is 76.6 Å². The summed E-state index contributed by atoms with van der Waals surface area (Å²) in [5.74, 6) is 2.40.